The predicted molar refractivity (Wildman–Crippen MR) is 103 cm³/mol. The highest BCUT2D eigenvalue weighted by atomic mass is 19.4. The fraction of sp³-hybridized carbons (Fsp3) is 0.333. The van der Waals surface area contributed by atoms with Crippen LogP contribution in [0.5, 0.6) is 0 Å². The van der Waals surface area contributed by atoms with Crippen LogP contribution in [0.1, 0.15) is 22.3 Å². The number of carbonyl (C=O) groups excluding carboxylic acids is 2. The summed E-state index contributed by atoms with van der Waals surface area (Å²) in [5.74, 6) is -0.423. The number of nitrogens with one attached hydrogen (secondary N) is 1. The molecular formula is C21H22F3N3O2. The number of carbonyl (C=O) groups is 2. The van der Waals surface area contributed by atoms with Crippen molar-refractivity contribution in [2.45, 2.75) is 12.6 Å². The molecule has 1 heterocycles. The Labute approximate surface area is 167 Å². The molecule has 2 aromatic carbocycles. The molecule has 0 radical (unpaired) electrons. The largest absolute Gasteiger partial charge is 0.416 e. The van der Waals surface area contributed by atoms with Gasteiger partial charge in [0.1, 0.15) is 0 Å². The first-order valence-corrected chi connectivity index (χ1v) is 9.37. The zero-order chi connectivity index (χ0) is 20.9. The second kappa shape index (κ2) is 9.09. The normalized spacial score (nSPS) is 15.6. The van der Waals surface area contributed by atoms with Gasteiger partial charge in [0.2, 0.25) is 5.91 Å². The highest BCUT2D eigenvalue weighted by Crippen LogP contribution is 2.29. The summed E-state index contributed by atoms with van der Waals surface area (Å²) in [4.78, 5) is 28.4. The summed E-state index contributed by atoms with van der Waals surface area (Å²) in [5.41, 5.74) is 0.181. The second-order valence-corrected chi connectivity index (χ2v) is 6.91. The van der Waals surface area contributed by atoms with E-state index in [2.05, 4.69) is 5.32 Å². The molecule has 8 heteroatoms. The van der Waals surface area contributed by atoms with Gasteiger partial charge in [-0.25, -0.2) is 0 Å². The van der Waals surface area contributed by atoms with Crippen LogP contribution in [0.15, 0.2) is 54.6 Å². The minimum Gasteiger partial charge on any atom is -0.337 e. The first-order valence-electron chi connectivity index (χ1n) is 9.37. The van der Waals surface area contributed by atoms with E-state index in [1.807, 2.05) is 35.2 Å². The van der Waals surface area contributed by atoms with E-state index in [0.29, 0.717) is 32.6 Å². The molecule has 1 aliphatic heterocycles. The molecule has 1 aliphatic rings. The maximum absolute atomic E-state index is 12.7. The average Bonchev–Trinajstić information content (AvgIpc) is 2.93. The van der Waals surface area contributed by atoms with Gasteiger partial charge in [0.25, 0.3) is 5.91 Å². The molecule has 5 nitrogen and oxygen atoms in total. The summed E-state index contributed by atoms with van der Waals surface area (Å²) in [6, 6.07) is 13.4. The Morgan fingerprint density at radius 1 is 0.897 bits per heavy atom. The van der Waals surface area contributed by atoms with Crippen molar-refractivity contribution < 1.29 is 22.8 Å². The van der Waals surface area contributed by atoms with E-state index in [-0.39, 0.29) is 23.9 Å². The third-order valence-electron chi connectivity index (χ3n) is 4.76. The van der Waals surface area contributed by atoms with Gasteiger partial charge in [0.15, 0.2) is 0 Å². The Balaban J connectivity index is 1.54. The molecule has 0 aromatic heterocycles. The van der Waals surface area contributed by atoms with E-state index in [0.717, 1.165) is 17.8 Å². The van der Waals surface area contributed by atoms with Gasteiger partial charge in [-0.2, -0.15) is 13.2 Å². The van der Waals surface area contributed by atoms with Gasteiger partial charge in [-0.1, -0.05) is 18.2 Å². The van der Waals surface area contributed by atoms with Crippen LogP contribution in [-0.4, -0.2) is 54.3 Å². The van der Waals surface area contributed by atoms with Crippen molar-refractivity contribution >= 4 is 17.5 Å². The van der Waals surface area contributed by atoms with Crippen molar-refractivity contribution in [3.63, 3.8) is 0 Å². The van der Waals surface area contributed by atoms with E-state index in [4.69, 9.17) is 0 Å². The Hall–Kier alpha value is -2.87. The van der Waals surface area contributed by atoms with Crippen LogP contribution < -0.4 is 5.32 Å². The molecule has 1 saturated heterocycles. The standard InChI is InChI=1S/C21H22F3N3O2/c22-21(23,24)17-9-7-16(8-10-17)20(29)27-12-4-11-26(13-14-27)15-19(28)25-18-5-2-1-3-6-18/h1-3,5-10H,4,11-15H2,(H,25,28). The summed E-state index contributed by atoms with van der Waals surface area (Å²) in [6.07, 6.45) is -3.74. The maximum atomic E-state index is 12.7. The lowest BCUT2D eigenvalue weighted by Gasteiger charge is -2.22. The van der Waals surface area contributed by atoms with Gasteiger partial charge in [0.05, 0.1) is 12.1 Å². The number of amides is 2. The van der Waals surface area contributed by atoms with Crippen LogP contribution in [0.2, 0.25) is 0 Å². The number of benzene rings is 2. The van der Waals surface area contributed by atoms with E-state index >= 15 is 0 Å². The smallest absolute Gasteiger partial charge is 0.337 e. The maximum Gasteiger partial charge on any atom is 0.416 e. The number of rotatable bonds is 4. The molecule has 1 N–H and O–H groups in total. The quantitative estimate of drug-likeness (QED) is 0.847. The van der Waals surface area contributed by atoms with E-state index < -0.39 is 11.7 Å². The molecule has 0 atom stereocenters. The monoisotopic (exact) mass is 405 g/mol. The number of alkyl halides is 3. The highest BCUT2D eigenvalue weighted by Gasteiger charge is 2.30. The molecule has 0 saturated carbocycles. The van der Waals surface area contributed by atoms with Crippen molar-refractivity contribution in [2.24, 2.45) is 0 Å². The zero-order valence-corrected chi connectivity index (χ0v) is 15.8. The van der Waals surface area contributed by atoms with Gasteiger partial charge in [-0.15, -0.1) is 0 Å². The van der Waals surface area contributed by atoms with Gasteiger partial charge in [0, 0.05) is 37.4 Å². The molecular weight excluding hydrogens is 383 g/mol. The van der Waals surface area contributed by atoms with Gasteiger partial charge >= 0.3 is 6.18 Å². The highest BCUT2D eigenvalue weighted by molar-refractivity contribution is 5.94. The Kier molecular flexibility index (Phi) is 6.53. The summed E-state index contributed by atoms with van der Waals surface area (Å²) in [7, 11) is 0. The number of para-hydroxylation sites is 1. The Bertz CT molecular complexity index is 838. The predicted octanol–water partition coefficient (Wildman–Crippen LogP) is 3.49. The van der Waals surface area contributed by atoms with Crippen molar-refractivity contribution in [3.8, 4) is 0 Å². The molecule has 0 unspecified atom stereocenters. The van der Waals surface area contributed by atoms with Crippen LogP contribution in [0.25, 0.3) is 0 Å². The molecule has 2 amide bonds. The third-order valence-corrected chi connectivity index (χ3v) is 4.76. The summed E-state index contributed by atoms with van der Waals surface area (Å²) in [6.45, 7) is 2.32. The van der Waals surface area contributed by atoms with Crippen LogP contribution in [0.3, 0.4) is 0 Å². The third kappa shape index (κ3) is 5.80. The molecule has 1 fully saturated rings. The van der Waals surface area contributed by atoms with E-state index in [1.54, 1.807) is 4.90 Å². The molecule has 0 spiro atoms. The molecule has 3 rings (SSSR count). The van der Waals surface area contributed by atoms with Crippen molar-refractivity contribution in [2.75, 3.05) is 38.0 Å². The van der Waals surface area contributed by atoms with Crippen LogP contribution in [0.4, 0.5) is 18.9 Å². The van der Waals surface area contributed by atoms with Crippen molar-refractivity contribution in [1.82, 2.24) is 9.80 Å². The van der Waals surface area contributed by atoms with Gasteiger partial charge in [-0.05, 0) is 42.8 Å². The fourth-order valence-corrected chi connectivity index (χ4v) is 3.24. The van der Waals surface area contributed by atoms with Gasteiger partial charge < -0.3 is 10.2 Å². The number of hydrogen-bond donors (Lipinski definition) is 1. The summed E-state index contributed by atoms with van der Waals surface area (Å²) < 4.78 is 38.0. The minimum atomic E-state index is -4.43. The first kappa shape index (κ1) is 20.9. The molecule has 29 heavy (non-hydrogen) atoms. The summed E-state index contributed by atoms with van der Waals surface area (Å²) in [5, 5.41) is 2.83. The van der Waals surface area contributed by atoms with Crippen LogP contribution in [-0.2, 0) is 11.0 Å². The number of hydrogen-bond acceptors (Lipinski definition) is 3. The van der Waals surface area contributed by atoms with E-state index in [9.17, 15) is 22.8 Å². The van der Waals surface area contributed by atoms with Crippen LogP contribution in [0, 0.1) is 0 Å². The summed E-state index contributed by atoms with van der Waals surface area (Å²) >= 11 is 0. The fourth-order valence-electron chi connectivity index (χ4n) is 3.24. The Morgan fingerprint density at radius 3 is 2.24 bits per heavy atom. The number of nitrogens with zero attached hydrogens (tertiary/aromatic N) is 2. The molecule has 2 aromatic rings. The SMILES string of the molecule is O=C(CN1CCCN(C(=O)c2ccc(C(F)(F)F)cc2)CC1)Nc1ccccc1. The lowest BCUT2D eigenvalue weighted by atomic mass is 10.1. The number of anilines is 1. The lowest BCUT2D eigenvalue weighted by molar-refractivity contribution is -0.137. The molecule has 0 bridgehead atoms. The number of halogens is 3. The topological polar surface area (TPSA) is 52.7 Å². The van der Waals surface area contributed by atoms with Crippen LogP contribution >= 0.6 is 0 Å². The minimum absolute atomic E-state index is 0.126. The lowest BCUT2D eigenvalue weighted by Crippen LogP contribution is -2.38. The Morgan fingerprint density at radius 2 is 1.59 bits per heavy atom. The van der Waals surface area contributed by atoms with Crippen molar-refractivity contribution in [3.05, 3.63) is 65.7 Å². The second-order valence-electron chi connectivity index (χ2n) is 6.91. The first-order chi connectivity index (χ1) is 13.8. The zero-order valence-electron chi connectivity index (χ0n) is 15.8. The molecule has 0 aliphatic carbocycles. The van der Waals surface area contributed by atoms with Crippen molar-refractivity contribution in [1.29, 1.82) is 0 Å². The van der Waals surface area contributed by atoms with Gasteiger partial charge in [-0.3, -0.25) is 14.5 Å². The molecule has 154 valence electrons. The van der Waals surface area contributed by atoms with E-state index in [1.165, 1.54) is 12.1 Å². The average molecular weight is 405 g/mol.